The van der Waals surface area contributed by atoms with E-state index in [1.54, 1.807) is 4.90 Å². The van der Waals surface area contributed by atoms with Crippen molar-refractivity contribution in [2.75, 3.05) is 50.7 Å². The van der Waals surface area contributed by atoms with Crippen LogP contribution in [0.4, 0.5) is 15.3 Å². The van der Waals surface area contributed by atoms with Crippen molar-refractivity contribution < 1.29 is 19.4 Å². The topological polar surface area (TPSA) is 98.2 Å². The average Bonchev–Trinajstić information content (AvgIpc) is 3.62. The molecule has 0 radical (unpaired) electrons. The number of pyridine rings is 1. The van der Waals surface area contributed by atoms with Crippen LogP contribution in [0, 0.1) is 16.2 Å². The lowest BCUT2D eigenvalue weighted by Crippen LogP contribution is -2.51. The first-order chi connectivity index (χ1) is 17.7. The summed E-state index contributed by atoms with van der Waals surface area (Å²) in [5.41, 5.74) is 1.21. The van der Waals surface area contributed by atoms with Crippen LogP contribution in [0.5, 0.6) is 0 Å². The van der Waals surface area contributed by atoms with Gasteiger partial charge in [0.1, 0.15) is 5.60 Å². The fourth-order valence-electron chi connectivity index (χ4n) is 7.20. The van der Waals surface area contributed by atoms with E-state index in [-0.39, 0.29) is 28.4 Å². The third-order valence-electron chi connectivity index (χ3n) is 8.64. The first-order valence-electron chi connectivity index (χ1n) is 14.1. The maximum absolute atomic E-state index is 12.2. The monoisotopic (exact) mass is 529 g/mol. The smallest absolute Gasteiger partial charge is 0.410 e. The normalized spacial score (nSPS) is 29.2. The lowest BCUT2D eigenvalue weighted by molar-refractivity contribution is 0.0276. The highest BCUT2D eigenvalue weighted by Crippen LogP contribution is 2.49. The lowest BCUT2D eigenvalue weighted by atomic mass is 9.69. The number of amides is 2. The van der Waals surface area contributed by atoms with Gasteiger partial charge in [-0.1, -0.05) is 20.8 Å². The number of rotatable bonds is 1. The summed E-state index contributed by atoms with van der Waals surface area (Å²) in [6.45, 7) is 18.6. The van der Waals surface area contributed by atoms with Gasteiger partial charge in [-0.05, 0) is 70.5 Å². The van der Waals surface area contributed by atoms with Crippen LogP contribution in [0.15, 0.2) is 24.5 Å². The van der Waals surface area contributed by atoms with E-state index in [2.05, 4.69) is 48.1 Å². The minimum absolute atomic E-state index is 0.0148. The average molecular weight is 530 g/mol. The highest BCUT2D eigenvalue weighted by atomic mass is 16.6. The van der Waals surface area contributed by atoms with Crippen LogP contribution in [-0.4, -0.2) is 89.5 Å². The molecule has 2 amide bonds. The molecule has 1 aromatic rings. The van der Waals surface area contributed by atoms with Crippen LogP contribution in [-0.2, 0) is 4.74 Å². The van der Waals surface area contributed by atoms with Gasteiger partial charge in [0.05, 0.1) is 0 Å². The molecule has 3 unspecified atom stereocenters. The number of nitrogens with one attached hydrogen (secondary N) is 1. The molecule has 4 fully saturated rings. The molecule has 2 N–H and O–H groups in total. The van der Waals surface area contributed by atoms with Crippen LogP contribution < -0.4 is 10.2 Å². The summed E-state index contributed by atoms with van der Waals surface area (Å²) in [5, 5.41) is 12.7. The van der Waals surface area contributed by atoms with Gasteiger partial charge < -0.3 is 29.9 Å². The first kappa shape index (κ1) is 28.5. The van der Waals surface area contributed by atoms with E-state index in [4.69, 9.17) is 4.74 Å². The second-order valence-electron chi connectivity index (χ2n) is 13.8. The molecule has 0 aliphatic carbocycles. The Morgan fingerprint density at radius 1 is 1.00 bits per heavy atom. The Morgan fingerprint density at radius 3 is 2.26 bits per heavy atom. The largest absolute Gasteiger partial charge is 0.465 e. The molecule has 4 saturated heterocycles. The van der Waals surface area contributed by atoms with E-state index in [1.165, 1.54) is 5.69 Å². The Hall–Kier alpha value is -2.55. The van der Waals surface area contributed by atoms with Crippen molar-refractivity contribution in [1.82, 2.24) is 20.1 Å². The Bertz CT molecular complexity index is 983. The zero-order valence-electron chi connectivity index (χ0n) is 24.1. The number of ether oxygens (including phenoxy) is 1. The zero-order chi connectivity index (χ0) is 27.8. The Balaban J connectivity index is 0.000000186. The van der Waals surface area contributed by atoms with Gasteiger partial charge in [0, 0.05) is 74.2 Å². The summed E-state index contributed by atoms with van der Waals surface area (Å²) < 4.78 is 5.50. The van der Waals surface area contributed by atoms with E-state index in [1.807, 2.05) is 38.1 Å². The van der Waals surface area contributed by atoms with Crippen LogP contribution in [0.3, 0.4) is 0 Å². The minimum Gasteiger partial charge on any atom is -0.465 e. The van der Waals surface area contributed by atoms with Gasteiger partial charge in [0.2, 0.25) is 0 Å². The molecule has 3 atom stereocenters. The summed E-state index contributed by atoms with van der Waals surface area (Å²) in [6, 6.07) is 4.26. The molecule has 4 aliphatic rings. The number of hydrogen-bond donors (Lipinski definition) is 2. The molecule has 2 spiro atoms. The number of carboxylic acid groups (broad SMARTS) is 1. The van der Waals surface area contributed by atoms with Gasteiger partial charge >= 0.3 is 12.2 Å². The third kappa shape index (κ3) is 6.19. The third-order valence-corrected chi connectivity index (χ3v) is 8.64. The summed E-state index contributed by atoms with van der Waals surface area (Å²) in [7, 11) is 0. The highest BCUT2D eigenvalue weighted by Gasteiger charge is 2.54. The van der Waals surface area contributed by atoms with Crippen molar-refractivity contribution >= 4 is 17.9 Å². The Labute approximate surface area is 227 Å². The van der Waals surface area contributed by atoms with Crippen molar-refractivity contribution in [3.05, 3.63) is 24.5 Å². The van der Waals surface area contributed by atoms with Crippen molar-refractivity contribution in [1.29, 1.82) is 0 Å². The number of likely N-dealkylation sites (tertiary alicyclic amines) is 2. The van der Waals surface area contributed by atoms with Crippen molar-refractivity contribution in [3.8, 4) is 0 Å². The van der Waals surface area contributed by atoms with Crippen molar-refractivity contribution in [3.63, 3.8) is 0 Å². The number of carbonyl (C=O) groups is 2. The van der Waals surface area contributed by atoms with E-state index in [0.29, 0.717) is 6.54 Å². The van der Waals surface area contributed by atoms with Crippen LogP contribution >= 0.6 is 0 Å². The van der Waals surface area contributed by atoms with E-state index in [0.717, 1.165) is 65.0 Å². The summed E-state index contributed by atoms with van der Waals surface area (Å²) in [6.07, 6.45) is 7.05. The summed E-state index contributed by atoms with van der Waals surface area (Å²) in [5.74, 6) is 0. The van der Waals surface area contributed by atoms with Gasteiger partial charge in [-0.15, -0.1) is 0 Å². The molecular weight excluding hydrogens is 482 g/mol. The number of aromatic nitrogens is 1. The second kappa shape index (κ2) is 10.5. The van der Waals surface area contributed by atoms with E-state index in [9.17, 15) is 14.7 Å². The van der Waals surface area contributed by atoms with Gasteiger partial charge in [0.15, 0.2) is 0 Å². The Morgan fingerprint density at radius 2 is 1.68 bits per heavy atom. The SMILES string of the molecule is CC(C)(C)C1N(C(=O)O)CCC12CCNC2.CC(C)(C)OC(=O)N1CCC2(CCN(c3ccncc3)C2)C1. The second-order valence-corrected chi connectivity index (χ2v) is 13.8. The maximum atomic E-state index is 12.2. The molecule has 212 valence electrons. The number of nitrogens with zero attached hydrogens (tertiary/aromatic N) is 4. The summed E-state index contributed by atoms with van der Waals surface area (Å²) in [4.78, 5) is 33.6. The molecule has 1 aromatic heterocycles. The quantitative estimate of drug-likeness (QED) is 0.545. The van der Waals surface area contributed by atoms with Crippen LogP contribution in [0.1, 0.15) is 67.2 Å². The predicted molar refractivity (Wildman–Crippen MR) is 148 cm³/mol. The molecule has 5 rings (SSSR count). The molecule has 0 bridgehead atoms. The number of anilines is 1. The minimum atomic E-state index is -0.760. The first-order valence-corrected chi connectivity index (χ1v) is 14.1. The van der Waals surface area contributed by atoms with Gasteiger partial charge in [0.25, 0.3) is 0 Å². The molecule has 38 heavy (non-hydrogen) atoms. The van der Waals surface area contributed by atoms with Crippen LogP contribution in [0.2, 0.25) is 0 Å². The maximum Gasteiger partial charge on any atom is 0.410 e. The fourth-order valence-corrected chi connectivity index (χ4v) is 7.20. The van der Waals surface area contributed by atoms with Crippen molar-refractivity contribution in [2.45, 2.75) is 78.9 Å². The van der Waals surface area contributed by atoms with Gasteiger partial charge in [-0.3, -0.25) is 4.98 Å². The van der Waals surface area contributed by atoms with E-state index < -0.39 is 11.7 Å². The fraction of sp³-hybridized carbons (Fsp3) is 0.759. The molecule has 5 heterocycles. The molecular formula is C29H47N5O4. The molecule has 9 nitrogen and oxygen atoms in total. The number of carbonyl (C=O) groups excluding carboxylic acids is 1. The van der Waals surface area contributed by atoms with Gasteiger partial charge in [-0.25, -0.2) is 9.59 Å². The molecule has 0 aromatic carbocycles. The lowest BCUT2D eigenvalue weighted by Gasteiger charge is -2.42. The zero-order valence-corrected chi connectivity index (χ0v) is 24.1. The van der Waals surface area contributed by atoms with E-state index >= 15 is 0 Å². The molecule has 4 aliphatic heterocycles. The van der Waals surface area contributed by atoms with Crippen molar-refractivity contribution in [2.24, 2.45) is 16.2 Å². The van der Waals surface area contributed by atoms with Crippen LogP contribution in [0.25, 0.3) is 0 Å². The molecule has 9 heteroatoms. The standard InChI is InChI=1S/C17H25N3O2.C12H22N2O2/c1-16(2,3)22-15(21)20-11-7-17(13-20)6-10-19(12-17)14-4-8-18-9-5-14;1-11(2,3)9-12(4-6-13-8-12)5-7-14(9)10(15)16/h4-5,8-9H,6-7,10-13H2,1-3H3;9,13H,4-8H2,1-3H3,(H,15,16). The summed E-state index contributed by atoms with van der Waals surface area (Å²) >= 11 is 0. The van der Waals surface area contributed by atoms with Gasteiger partial charge in [-0.2, -0.15) is 0 Å². The molecule has 0 saturated carbocycles. The Kier molecular flexibility index (Phi) is 7.90. The predicted octanol–water partition coefficient (Wildman–Crippen LogP) is 4.68. The highest BCUT2D eigenvalue weighted by molar-refractivity contribution is 5.68. The number of hydrogen-bond acceptors (Lipinski definition) is 6.